The van der Waals surface area contributed by atoms with Gasteiger partial charge in [0.1, 0.15) is 0 Å². The monoisotopic (exact) mass is 315 g/mol. The lowest BCUT2D eigenvalue weighted by Gasteiger charge is -2.07. The Morgan fingerprint density at radius 2 is 2.06 bits per heavy atom. The molecule has 0 radical (unpaired) electrons. The highest BCUT2D eigenvalue weighted by Gasteiger charge is 2.11. The smallest absolute Gasteiger partial charge is 0.0767 e. The Hall–Kier alpha value is -0.350. The fourth-order valence-corrected chi connectivity index (χ4v) is 2.78. The summed E-state index contributed by atoms with van der Waals surface area (Å²) in [6, 6.07) is 0. The van der Waals surface area contributed by atoms with Crippen molar-refractivity contribution in [3.05, 3.63) is 15.9 Å². The molecule has 0 aliphatic heterocycles. The number of rotatable bonds is 8. The Morgan fingerprint density at radius 3 is 2.61 bits per heavy atom. The van der Waals surface area contributed by atoms with Crippen LogP contribution in [0.4, 0.5) is 0 Å². The van der Waals surface area contributed by atoms with Gasteiger partial charge in [-0.15, -0.1) is 0 Å². The summed E-state index contributed by atoms with van der Waals surface area (Å²) in [4.78, 5) is 0. The van der Waals surface area contributed by atoms with Crippen LogP contribution in [0.25, 0.3) is 0 Å². The zero-order valence-electron chi connectivity index (χ0n) is 12.1. The molecule has 1 aromatic heterocycles. The summed E-state index contributed by atoms with van der Waals surface area (Å²) in [6.07, 6.45) is 4.88. The second-order valence-corrected chi connectivity index (χ2v) is 6.04. The topological polar surface area (TPSA) is 29.9 Å². The minimum atomic E-state index is 0.823. The van der Waals surface area contributed by atoms with E-state index >= 15 is 0 Å². The van der Waals surface area contributed by atoms with Crippen LogP contribution >= 0.6 is 15.9 Å². The Balaban J connectivity index is 2.29. The van der Waals surface area contributed by atoms with Gasteiger partial charge in [0.2, 0.25) is 0 Å². The normalized spacial score (nSPS) is 11.4. The van der Waals surface area contributed by atoms with Crippen molar-refractivity contribution in [2.75, 3.05) is 6.54 Å². The molecule has 0 unspecified atom stereocenters. The number of hydrogen-bond acceptors (Lipinski definition) is 2. The Bertz CT molecular complexity index is 358. The van der Waals surface area contributed by atoms with Gasteiger partial charge < -0.3 is 5.32 Å². The predicted octanol–water partition coefficient (Wildman–Crippen LogP) is 3.66. The summed E-state index contributed by atoms with van der Waals surface area (Å²) in [7, 11) is 2.01. The van der Waals surface area contributed by atoms with Crippen LogP contribution in [0.2, 0.25) is 0 Å². The molecule has 0 saturated heterocycles. The second-order valence-electron chi connectivity index (χ2n) is 5.25. The number of nitrogens with one attached hydrogen (secondary N) is 1. The van der Waals surface area contributed by atoms with E-state index in [1.165, 1.54) is 29.4 Å². The highest BCUT2D eigenvalue weighted by Crippen LogP contribution is 2.21. The van der Waals surface area contributed by atoms with Gasteiger partial charge in [-0.05, 0) is 41.2 Å². The maximum absolute atomic E-state index is 4.50. The largest absolute Gasteiger partial charge is 0.311 e. The van der Waals surface area contributed by atoms with Crippen molar-refractivity contribution >= 4 is 15.9 Å². The van der Waals surface area contributed by atoms with Gasteiger partial charge in [-0.1, -0.05) is 33.6 Å². The number of halogens is 1. The van der Waals surface area contributed by atoms with E-state index in [1.54, 1.807) is 0 Å². The standard InChI is InChI=1S/C14H26BrN3/c1-5-12-14(15)13(18(4)17-12)10-16-9-7-6-8-11(2)3/h11,16H,5-10H2,1-4H3. The number of unbranched alkanes of at least 4 members (excludes halogenated alkanes) is 1. The highest BCUT2D eigenvalue weighted by molar-refractivity contribution is 9.10. The van der Waals surface area contributed by atoms with Gasteiger partial charge in [0.05, 0.1) is 15.9 Å². The van der Waals surface area contributed by atoms with Gasteiger partial charge in [-0.25, -0.2) is 0 Å². The molecule has 0 fully saturated rings. The number of aryl methyl sites for hydroxylation is 2. The first-order chi connectivity index (χ1) is 8.56. The molecular formula is C14H26BrN3. The van der Waals surface area contributed by atoms with E-state index in [-0.39, 0.29) is 0 Å². The lowest BCUT2D eigenvalue weighted by Crippen LogP contribution is -2.17. The third kappa shape index (κ3) is 4.73. The Morgan fingerprint density at radius 1 is 1.33 bits per heavy atom. The zero-order valence-corrected chi connectivity index (χ0v) is 13.7. The van der Waals surface area contributed by atoms with Crippen LogP contribution in [-0.4, -0.2) is 16.3 Å². The first kappa shape index (κ1) is 15.7. The third-order valence-corrected chi connectivity index (χ3v) is 4.10. The van der Waals surface area contributed by atoms with Gasteiger partial charge >= 0.3 is 0 Å². The molecule has 1 N–H and O–H groups in total. The van der Waals surface area contributed by atoms with Crippen molar-refractivity contribution in [3.63, 3.8) is 0 Å². The molecule has 1 rings (SSSR count). The van der Waals surface area contributed by atoms with E-state index in [9.17, 15) is 0 Å². The molecule has 0 atom stereocenters. The van der Waals surface area contributed by atoms with E-state index in [0.29, 0.717) is 0 Å². The van der Waals surface area contributed by atoms with E-state index in [0.717, 1.165) is 31.1 Å². The summed E-state index contributed by atoms with van der Waals surface area (Å²) in [6.45, 7) is 8.69. The Labute approximate surface area is 119 Å². The van der Waals surface area contributed by atoms with Crippen LogP contribution < -0.4 is 5.32 Å². The third-order valence-electron chi connectivity index (χ3n) is 3.18. The van der Waals surface area contributed by atoms with Crippen LogP contribution in [0, 0.1) is 5.92 Å². The average Bonchev–Trinajstić information content (AvgIpc) is 2.59. The lowest BCUT2D eigenvalue weighted by molar-refractivity contribution is 0.516. The molecule has 104 valence electrons. The SMILES string of the molecule is CCc1nn(C)c(CNCCCCC(C)C)c1Br. The van der Waals surface area contributed by atoms with Gasteiger partial charge in [0, 0.05) is 13.6 Å². The molecule has 0 bridgehead atoms. The molecule has 1 heterocycles. The van der Waals surface area contributed by atoms with Gasteiger partial charge in [-0.3, -0.25) is 4.68 Å². The number of hydrogen-bond donors (Lipinski definition) is 1. The fourth-order valence-electron chi connectivity index (χ4n) is 2.02. The van der Waals surface area contributed by atoms with Gasteiger partial charge in [-0.2, -0.15) is 5.10 Å². The van der Waals surface area contributed by atoms with Crippen LogP contribution in [-0.2, 0) is 20.0 Å². The van der Waals surface area contributed by atoms with Crippen molar-refractivity contribution in [3.8, 4) is 0 Å². The van der Waals surface area contributed by atoms with E-state index < -0.39 is 0 Å². The van der Waals surface area contributed by atoms with E-state index in [4.69, 9.17) is 0 Å². The summed E-state index contributed by atoms with van der Waals surface area (Å²) < 4.78 is 3.14. The second kappa shape index (κ2) is 7.95. The predicted molar refractivity (Wildman–Crippen MR) is 80.7 cm³/mol. The zero-order chi connectivity index (χ0) is 13.5. The van der Waals surface area contributed by atoms with Crippen LogP contribution in [0.3, 0.4) is 0 Å². The summed E-state index contributed by atoms with van der Waals surface area (Å²) in [5, 5.41) is 8.00. The molecule has 4 heteroatoms. The van der Waals surface area contributed by atoms with E-state index in [1.807, 2.05) is 11.7 Å². The molecule has 0 saturated carbocycles. The van der Waals surface area contributed by atoms with Crippen LogP contribution in [0.15, 0.2) is 4.47 Å². The van der Waals surface area contributed by atoms with Crippen molar-refractivity contribution in [2.24, 2.45) is 13.0 Å². The number of nitrogens with zero attached hydrogens (tertiary/aromatic N) is 2. The van der Waals surface area contributed by atoms with Gasteiger partial charge in [0.25, 0.3) is 0 Å². The average molecular weight is 316 g/mol. The summed E-state index contributed by atoms with van der Waals surface area (Å²) in [5.74, 6) is 0.823. The van der Waals surface area contributed by atoms with Crippen molar-refractivity contribution in [1.29, 1.82) is 0 Å². The van der Waals surface area contributed by atoms with Crippen molar-refractivity contribution in [2.45, 2.75) is 53.0 Å². The molecule has 0 amide bonds. The molecule has 0 aromatic carbocycles. The summed E-state index contributed by atoms with van der Waals surface area (Å²) >= 11 is 3.64. The van der Waals surface area contributed by atoms with E-state index in [2.05, 4.69) is 47.1 Å². The van der Waals surface area contributed by atoms with Crippen LogP contribution in [0.5, 0.6) is 0 Å². The number of aromatic nitrogens is 2. The quantitative estimate of drug-likeness (QED) is 0.742. The molecule has 1 aromatic rings. The molecule has 18 heavy (non-hydrogen) atoms. The Kier molecular flexibility index (Phi) is 6.94. The molecular weight excluding hydrogens is 290 g/mol. The summed E-state index contributed by atoms with van der Waals surface area (Å²) in [5.41, 5.74) is 2.39. The molecule has 0 aliphatic carbocycles. The minimum Gasteiger partial charge on any atom is -0.311 e. The molecule has 0 aliphatic rings. The van der Waals surface area contributed by atoms with Crippen molar-refractivity contribution in [1.82, 2.24) is 15.1 Å². The molecule has 0 spiro atoms. The lowest BCUT2D eigenvalue weighted by atomic mass is 10.1. The van der Waals surface area contributed by atoms with Crippen LogP contribution in [0.1, 0.15) is 51.4 Å². The fraction of sp³-hybridized carbons (Fsp3) is 0.786. The minimum absolute atomic E-state index is 0.823. The molecule has 3 nitrogen and oxygen atoms in total. The van der Waals surface area contributed by atoms with Crippen molar-refractivity contribution < 1.29 is 0 Å². The highest BCUT2D eigenvalue weighted by atomic mass is 79.9. The first-order valence-corrected chi connectivity index (χ1v) is 7.76. The maximum Gasteiger partial charge on any atom is 0.0767 e. The van der Waals surface area contributed by atoms with Gasteiger partial charge in [0.15, 0.2) is 0 Å². The maximum atomic E-state index is 4.50. The first-order valence-electron chi connectivity index (χ1n) is 6.97.